The average molecular weight is 237 g/mol. The van der Waals surface area contributed by atoms with Crippen molar-refractivity contribution < 1.29 is 9.84 Å². The number of hydrogen-bond donors (Lipinski definition) is 2. The lowest BCUT2D eigenvalue weighted by Gasteiger charge is -2.16. The van der Waals surface area contributed by atoms with E-state index in [0.717, 1.165) is 31.7 Å². The van der Waals surface area contributed by atoms with E-state index in [2.05, 4.69) is 12.2 Å². The van der Waals surface area contributed by atoms with Crippen LogP contribution in [-0.2, 0) is 4.74 Å². The molecular weight excluding hydrogens is 214 g/mol. The number of rotatable bonds is 7. The fraction of sp³-hybridized carbons (Fsp3) is 0.571. The maximum absolute atomic E-state index is 9.78. The molecule has 3 nitrogen and oxygen atoms in total. The number of ether oxygens (including phenoxy) is 1. The lowest BCUT2D eigenvalue weighted by atomic mass is 10.0. The number of nitrogens with one attached hydrogen (secondary N) is 1. The molecule has 0 bridgehead atoms. The van der Waals surface area contributed by atoms with E-state index in [1.165, 1.54) is 5.56 Å². The third-order valence-corrected chi connectivity index (χ3v) is 2.77. The summed E-state index contributed by atoms with van der Waals surface area (Å²) in [6.07, 6.45) is 0.991. The Balaban J connectivity index is 2.41. The lowest BCUT2D eigenvalue weighted by Crippen LogP contribution is -2.21. The monoisotopic (exact) mass is 237 g/mol. The molecule has 0 aromatic heterocycles. The number of phenolic OH excluding ortho intramolecular Hbond substituents is 1. The first-order valence-corrected chi connectivity index (χ1v) is 6.25. The van der Waals surface area contributed by atoms with Crippen LogP contribution >= 0.6 is 0 Å². The normalized spacial score (nSPS) is 12.6. The Morgan fingerprint density at radius 3 is 2.88 bits per heavy atom. The second kappa shape index (κ2) is 7.30. The van der Waals surface area contributed by atoms with Crippen LogP contribution in [0.15, 0.2) is 18.2 Å². The molecule has 1 aromatic rings. The first-order chi connectivity index (χ1) is 8.15. The van der Waals surface area contributed by atoms with Gasteiger partial charge in [0.2, 0.25) is 0 Å². The third kappa shape index (κ3) is 4.75. The van der Waals surface area contributed by atoms with Gasteiger partial charge in [-0.15, -0.1) is 0 Å². The minimum absolute atomic E-state index is 0.163. The molecule has 1 unspecified atom stereocenters. The molecule has 1 rings (SSSR count). The highest BCUT2D eigenvalue weighted by molar-refractivity contribution is 5.37. The summed E-state index contributed by atoms with van der Waals surface area (Å²) in [4.78, 5) is 0. The molecule has 0 heterocycles. The van der Waals surface area contributed by atoms with Crippen molar-refractivity contribution >= 4 is 0 Å². The summed E-state index contributed by atoms with van der Waals surface area (Å²) in [5, 5.41) is 13.2. The summed E-state index contributed by atoms with van der Waals surface area (Å²) in [6.45, 7) is 8.56. The van der Waals surface area contributed by atoms with Crippen LogP contribution < -0.4 is 5.32 Å². The first kappa shape index (κ1) is 14.0. The maximum Gasteiger partial charge on any atom is 0.120 e. The van der Waals surface area contributed by atoms with Crippen LogP contribution in [-0.4, -0.2) is 24.9 Å². The molecule has 0 fully saturated rings. The zero-order valence-corrected chi connectivity index (χ0v) is 11.0. The zero-order chi connectivity index (χ0) is 12.7. The molecule has 0 radical (unpaired) electrons. The number of phenols is 1. The van der Waals surface area contributed by atoms with Gasteiger partial charge in [0.05, 0.1) is 0 Å². The SMILES string of the molecule is CCOCCCNC(C)c1cc(C)ccc1O. The summed E-state index contributed by atoms with van der Waals surface area (Å²) < 4.78 is 5.27. The standard InChI is InChI=1S/C14H23NO2/c1-4-17-9-5-8-15-12(3)13-10-11(2)6-7-14(13)16/h6-7,10,12,15-16H,4-5,8-9H2,1-3H3. The van der Waals surface area contributed by atoms with Crippen LogP contribution in [0.2, 0.25) is 0 Å². The Morgan fingerprint density at radius 2 is 2.18 bits per heavy atom. The van der Waals surface area contributed by atoms with Crippen molar-refractivity contribution in [3.63, 3.8) is 0 Å². The van der Waals surface area contributed by atoms with Crippen molar-refractivity contribution in [2.24, 2.45) is 0 Å². The summed E-state index contributed by atoms with van der Waals surface area (Å²) in [5.74, 6) is 0.361. The smallest absolute Gasteiger partial charge is 0.120 e. The van der Waals surface area contributed by atoms with Gasteiger partial charge < -0.3 is 15.2 Å². The van der Waals surface area contributed by atoms with Gasteiger partial charge in [0, 0.05) is 24.8 Å². The summed E-state index contributed by atoms with van der Waals surface area (Å²) in [7, 11) is 0. The van der Waals surface area contributed by atoms with Gasteiger partial charge in [-0.3, -0.25) is 0 Å². The highest BCUT2D eigenvalue weighted by Crippen LogP contribution is 2.24. The number of benzene rings is 1. The fourth-order valence-corrected chi connectivity index (χ4v) is 1.77. The summed E-state index contributed by atoms with van der Waals surface area (Å²) in [6, 6.07) is 5.86. The van der Waals surface area contributed by atoms with Crippen LogP contribution in [0.3, 0.4) is 0 Å². The molecule has 0 aliphatic heterocycles. The molecule has 0 spiro atoms. The number of aryl methyl sites for hydroxylation is 1. The Morgan fingerprint density at radius 1 is 1.41 bits per heavy atom. The number of aromatic hydroxyl groups is 1. The highest BCUT2D eigenvalue weighted by atomic mass is 16.5. The van der Waals surface area contributed by atoms with Crippen molar-refractivity contribution in [2.75, 3.05) is 19.8 Å². The van der Waals surface area contributed by atoms with Crippen LogP contribution in [0, 0.1) is 6.92 Å². The second-order valence-electron chi connectivity index (χ2n) is 4.29. The van der Waals surface area contributed by atoms with Gasteiger partial charge in [0.25, 0.3) is 0 Å². The average Bonchev–Trinajstić information content (AvgIpc) is 2.32. The van der Waals surface area contributed by atoms with Gasteiger partial charge in [-0.25, -0.2) is 0 Å². The molecule has 96 valence electrons. The van der Waals surface area contributed by atoms with Gasteiger partial charge in [-0.05, 0) is 39.8 Å². The topological polar surface area (TPSA) is 41.5 Å². The van der Waals surface area contributed by atoms with Crippen molar-refractivity contribution in [1.82, 2.24) is 5.32 Å². The maximum atomic E-state index is 9.78. The van der Waals surface area contributed by atoms with E-state index >= 15 is 0 Å². The summed E-state index contributed by atoms with van der Waals surface area (Å²) in [5.41, 5.74) is 2.13. The molecule has 0 amide bonds. The summed E-state index contributed by atoms with van der Waals surface area (Å²) >= 11 is 0. The van der Waals surface area contributed by atoms with Gasteiger partial charge in [0.1, 0.15) is 5.75 Å². The Bertz CT molecular complexity index is 339. The molecule has 1 aromatic carbocycles. The molecule has 0 aliphatic rings. The van der Waals surface area contributed by atoms with E-state index < -0.39 is 0 Å². The Labute approximate surface area is 104 Å². The first-order valence-electron chi connectivity index (χ1n) is 6.25. The van der Waals surface area contributed by atoms with E-state index in [-0.39, 0.29) is 6.04 Å². The molecule has 2 N–H and O–H groups in total. The van der Waals surface area contributed by atoms with E-state index in [0.29, 0.717) is 5.75 Å². The molecule has 1 atom stereocenters. The minimum atomic E-state index is 0.163. The van der Waals surface area contributed by atoms with Crippen LogP contribution in [0.1, 0.15) is 37.4 Å². The quantitative estimate of drug-likeness (QED) is 0.716. The number of hydrogen-bond acceptors (Lipinski definition) is 3. The third-order valence-electron chi connectivity index (χ3n) is 2.77. The van der Waals surface area contributed by atoms with E-state index in [9.17, 15) is 5.11 Å². The van der Waals surface area contributed by atoms with E-state index in [1.54, 1.807) is 6.07 Å². The van der Waals surface area contributed by atoms with Gasteiger partial charge >= 0.3 is 0 Å². The Hall–Kier alpha value is -1.06. The molecule has 17 heavy (non-hydrogen) atoms. The molecule has 0 saturated carbocycles. The largest absolute Gasteiger partial charge is 0.508 e. The fourth-order valence-electron chi connectivity index (χ4n) is 1.77. The molecule has 0 saturated heterocycles. The van der Waals surface area contributed by atoms with Crippen LogP contribution in [0.5, 0.6) is 5.75 Å². The molecular formula is C14H23NO2. The van der Waals surface area contributed by atoms with E-state index in [1.807, 2.05) is 26.0 Å². The van der Waals surface area contributed by atoms with Crippen molar-refractivity contribution in [3.05, 3.63) is 29.3 Å². The van der Waals surface area contributed by atoms with Crippen molar-refractivity contribution in [3.8, 4) is 5.75 Å². The van der Waals surface area contributed by atoms with Gasteiger partial charge in [-0.2, -0.15) is 0 Å². The zero-order valence-electron chi connectivity index (χ0n) is 11.0. The van der Waals surface area contributed by atoms with Crippen LogP contribution in [0.25, 0.3) is 0 Å². The van der Waals surface area contributed by atoms with Gasteiger partial charge in [0.15, 0.2) is 0 Å². The molecule has 0 aliphatic carbocycles. The van der Waals surface area contributed by atoms with E-state index in [4.69, 9.17) is 4.74 Å². The van der Waals surface area contributed by atoms with Crippen molar-refractivity contribution in [1.29, 1.82) is 0 Å². The molecule has 3 heteroatoms. The van der Waals surface area contributed by atoms with Gasteiger partial charge in [-0.1, -0.05) is 17.7 Å². The van der Waals surface area contributed by atoms with Crippen LogP contribution in [0.4, 0.5) is 0 Å². The Kier molecular flexibility index (Phi) is 6.01. The highest BCUT2D eigenvalue weighted by Gasteiger charge is 2.09. The lowest BCUT2D eigenvalue weighted by molar-refractivity contribution is 0.144. The second-order valence-corrected chi connectivity index (χ2v) is 4.29. The predicted molar refractivity (Wildman–Crippen MR) is 70.4 cm³/mol. The van der Waals surface area contributed by atoms with Crippen molar-refractivity contribution in [2.45, 2.75) is 33.2 Å². The predicted octanol–water partition coefficient (Wildman–Crippen LogP) is 2.78. The minimum Gasteiger partial charge on any atom is -0.508 e.